The average Bonchev–Trinajstić information content (AvgIpc) is 2.14. The molecule has 0 radical (unpaired) electrons. The maximum atomic E-state index is 12.3. The van der Waals surface area contributed by atoms with Gasteiger partial charge in [-0.05, 0) is 0 Å². The topological polar surface area (TPSA) is 59.2 Å². The lowest BCUT2D eigenvalue weighted by atomic mass is 10.2. The van der Waals surface area contributed by atoms with Crippen molar-refractivity contribution in [2.24, 2.45) is 0 Å². The number of aromatic amines is 1. The molecule has 0 aliphatic rings. The van der Waals surface area contributed by atoms with Gasteiger partial charge in [0.05, 0.1) is 5.56 Å². The van der Waals surface area contributed by atoms with Gasteiger partial charge >= 0.3 is 6.36 Å². The first-order valence-corrected chi connectivity index (χ1v) is 3.90. The summed E-state index contributed by atoms with van der Waals surface area (Å²) in [6.07, 6.45) is -4.94. The van der Waals surface area contributed by atoms with E-state index in [2.05, 4.69) is 4.74 Å². The fourth-order valence-corrected chi connectivity index (χ4v) is 1.02. The molecule has 88 valence electrons. The first-order valence-electron chi connectivity index (χ1n) is 3.90. The van der Waals surface area contributed by atoms with Crippen LogP contribution >= 0.6 is 0 Å². The lowest BCUT2D eigenvalue weighted by molar-refractivity contribution is -0.276. The van der Waals surface area contributed by atoms with E-state index in [0.717, 1.165) is 0 Å². The van der Waals surface area contributed by atoms with Gasteiger partial charge in [0.1, 0.15) is 6.67 Å². The molecule has 0 atom stereocenters. The van der Waals surface area contributed by atoms with Crippen molar-refractivity contribution in [3.63, 3.8) is 0 Å². The van der Waals surface area contributed by atoms with Gasteiger partial charge in [-0.25, -0.2) is 4.39 Å². The van der Waals surface area contributed by atoms with Crippen LogP contribution in [0.1, 0.15) is 15.9 Å². The quantitative estimate of drug-likeness (QED) is 0.643. The Hall–Kier alpha value is -1.86. The number of pyridine rings is 1. The third-order valence-electron chi connectivity index (χ3n) is 1.62. The smallest absolute Gasteiger partial charge is 0.390 e. The average molecular weight is 239 g/mol. The molecule has 0 amide bonds. The zero-order valence-corrected chi connectivity index (χ0v) is 7.60. The maximum absolute atomic E-state index is 12.3. The molecule has 0 saturated carbocycles. The molecule has 4 nitrogen and oxygen atoms in total. The van der Waals surface area contributed by atoms with Crippen LogP contribution in [0.3, 0.4) is 0 Å². The normalized spacial score (nSPS) is 11.2. The number of halogens is 4. The fourth-order valence-electron chi connectivity index (χ4n) is 1.02. The van der Waals surface area contributed by atoms with Crippen molar-refractivity contribution in [3.05, 3.63) is 27.5 Å². The zero-order chi connectivity index (χ0) is 12.3. The molecule has 0 bridgehead atoms. The largest absolute Gasteiger partial charge is 0.574 e. The molecule has 0 unspecified atom stereocenters. The molecular formula is C8H5F4NO3. The highest BCUT2D eigenvalue weighted by molar-refractivity contribution is 5.76. The maximum Gasteiger partial charge on any atom is 0.574 e. The first-order chi connectivity index (χ1) is 7.37. The predicted molar refractivity (Wildman–Crippen MR) is 43.9 cm³/mol. The number of rotatable bonds is 3. The molecule has 0 aliphatic heterocycles. The minimum Gasteiger partial charge on any atom is -0.390 e. The molecule has 0 saturated heterocycles. The van der Waals surface area contributed by atoms with E-state index in [1.807, 2.05) is 0 Å². The van der Waals surface area contributed by atoms with Crippen LogP contribution in [0, 0.1) is 0 Å². The molecule has 1 N–H and O–H groups in total. The molecule has 1 aromatic heterocycles. The summed E-state index contributed by atoms with van der Waals surface area (Å²) < 4.78 is 51.1. The first kappa shape index (κ1) is 12.2. The van der Waals surface area contributed by atoms with Crippen molar-refractivity contribution in [1.82, 2.24) is 4.98 Å². The van der Waals surface area contributed by atoms with Gasteiger partial charge in [-0.15, -0.1) is 13.2 Å². The molecule has 8 heteroatoms. The number of alkyl halides is 4. The molecule has 1 aromatic rings. The van der Waals surface area contributed by atoms with E-state index >= 15 is 0 Å². The summed E-state index contributed by atoms with van der Waals surface area (Å²) in [6.45, 7) is -1.24. The third-order valence-corrected chi connectivity index (χ3v) is 1.62. The summed E-state index contributed by atoms with van der Waals surface area (Å²) in [5.41, 5.74) is -2.15. The third kappa shape index (κ3) is 2.81. The number of H-pyrrole nitrogens is 1. The molecule has 1 heterocycles. The van der Waals surface area contributed by atoms with Crippen LogP contribution in [0.5, 0.6) is 5.88 Å². The van der Waals surface area contributed by atoms with Crippen molar-refractivity contribution in [2.45, 2.75) is 13.0 Å². The number of carbonyl (C=O) groups is 1. The molecular weight excluding hydrogens is 234 g/mol. The Bertz CT molecular complexity index is 452. The van der Waals surface area contributed by atoms with Crippen molar-refractivity contribution in [1.29, 1.82) is 0 Å². The SMILES string of the molecule is O=Cc1c(CF)cc(OC(F)(F)F)[nH]c1=O. The highest BCUT2D eigenvalue weighted by Crippen LogP contribution is 2.21. The Kier molecular flexibility index (Phi) is 3.31. The van der Waals surface area contributed by atoms with Crippen LogP contribution in [0.4, 0.5) is 17.6 Å². The van der Waals surface area contributed by atoms with Crippen LogP contribution < -0.4 is 10.3 Å². The fraction of sp³-hybridized carbons (Fsp3) is 0.250. The molecule has 1 rings (SSSR count). The van der Waals surface area contributed by atoms with Gasteiger partial charge in [0, 0.05) is 11.6 Å². The molecule has 0 aliphatic carbocycles. The summed E-state index contributed by atoms with van der Waals surface area (Å²) in [5.74, 6) is -0.962. The van der Waals surface area contributed by atoms with E-state index in [9.17, 15) is 27.2 Å². The van der Waals surface area contributed by atoms with Gasteiger partial charge in [-0.2, -0.15) is 0 Å². The van der Waals surface area contributed by atoms with Gasteiger partial charge in [0.15, 0.2) is 6.29 Å². The van der Waals surface area contributed by atoms with Crippen LogP contribution in [0.2, 0.25) is 0 Å². The predicted octanol–water partition coefficient (Wildman–Crippen LogP) is 1.56. The summed E-state index contributed by atoms with van der Waals surface area (Å²) in [5, 5.41) is 0. The Balaban J connectivity index is 3.21. The van der Waals surface area contributed by atoms with Crippen molar-refractivity contribution in [3.8, 4) is 5.88 Å². The number of aromatic nitrogens is 1. The van der Waals surface area contributed by atoms with E-state index in [0.29, 0.717) is 6.07 Å². The minimum absolute atomic E-state index is 0.0606. The highest BCUT2D eigenvalue weighted by Gasteiger charge is 2.32. The van der Waals surface area contributed by atoms with Gasteiger partial charge < -0.3 is 4.74 Å². The number of hydrogen-bond acceptors (Lipinski definition) is 3. The van der Waals surface area contributed by atoms with Gasteiger partial charge in [-0.1, -0.05) is 0 Å². The van der Waals surface area contributed by atoms with Crippen molar-refractivity contribution >= 4 is 6.29 Å². The Labute approximate surface area is 85.8 Å². The van der Waals surface area contributed by atoms with Crippen molar-refractivity contribution < 1.29 is 27.1 Å². The molecule has 16 heavy (non-hydrogen) atoms. The molecule has 0 aromatic carbocycles. The van der Waals surface area contributed by atoms with E-state index < -0.39 is 35.6 Å². The lowest BCUT2D eigenvalue weighted by Crippen LogP contribution is -2.22. The van der Waals surface area contributed by atoms with E-state index in [1.54, 1.807) is 4.98 Å². The van der Waals surface area contributed by atoms with E-state index in [-0.39, 0.29) is 6.29 Å². The van der Waals surface area contributed by atoms with Gasteiger partial charge in [0.25, 0.3) is 5.56 Å². The second kappa shape index (κ2) is 4.33. The highest BCUT2D eigenvalue weighted by atomic mass is 19.4. The second-order valence-electron chi connectivity index (χ2n) is 2.70. The number of nitrogens with one attached hydrogen (secondary N) is 1. The summed E-state index contributed by atoms with van der Waals surface area (Å²) in [4.78, 5) is 23.1. The van der Waals surface area contributed by atoms with E-state index in [4.69, 9.17) is 0 Å². The monoisotopic (exact) mass is 239 g/mol. The van der Waals surface area contributed by atoms with Crippen LogP contribution in [0.25, 0.3) is 0 Å². The van der Waals surface area contributed by atoms with Crippen molar-refractivity contribution in [2.75, 3.05) is 0 Å². The lowest BCUT2D eigenvalue weighted by Gasteiger charge is -2.09. The molecule has 0 fully saturated rings. The number of hydrogen-bond donors (Lipinski definition) is 1. The number of aldehydes is 1. The standard InChI is InChI=1S/C8H5F4NO3/c9-2-4-1-6(16-8(10,11)12)13-7(15)5(4)3-14/h1,3H,2H2,(H,13,15). The van der Waals surface area contributed by atoms with Crippen LogP contribution in [-0.4, -0.2) is 17.6 Å². The van der Waals surface area contributed by atoms with Gasteiger partial charge in [-0.3, -0.25) is 14.6 Å². The summed E-state index contributed by atoms with van der Waals surface area (Å²) in [6, 6.07) is 0.610. The minimum atomic E-state index is -5.00. The van der Waals surface area contributed by atoms with Gasteiger partial charge in [0.2, 0.25) is 5.88 Å². The summed E-state index contributed by atoms with van der Waals surface area (Å²) >= 11 is 0. The second-order valence-corrected chi connectivity index (χ2v) is 2.70. The Morgan fingerprint density at radius 1 is 1.44 bits per heavy atom. The summed E-state index contributed by atoms with van der Waals surface area (Å²) in [7, 11) is 0. The zero-order valence-electron chi connectivity index (χ0n) is 7.60. The Morgan fingerprint density at radius 2 is 2.06 bits per heavy atom. The number of carbonyl (C=O) groups excluding carboxylic acids is 1. The Morgan fingerprint density at radius 3 is 2.50 bits per heavy atom. The number of ether oxygens (including phenoxy) is 1. The van der Waals surface area contributed by atoms with Crippen LogP contribution in [-0.2, 0) is 6.67 Å². The molecule has 0 spiro atoms. The van der Waals surface area contributed by atoms with Crippen LogP contribution in [0.15, 0.2) is 10.9 Å². The van der Waals surface area contributed by atoms with E-state index in [1.165, 1.54) is 0 Å².